The highest BCUT2D eigenvalue weighted by atomic mass is 16.5. The van der Waals surface area contributed by atoms with Gasteiger partial charge in [-0.05, 0) is 30.6 Å². The highest BCUT2D eigenvalue weighted by Crippen LogP contribution is 2.27. The molecule has 102 valence electrons. The molecule has 0 bridgehead atoms. The second-order valence-corrected chi connectivity index (χ2v) is 6.20. The van der Waals surface area contributed by atoms with Crippen LogP contribution in [0.2, 0.25) is 0 Å². The van der Waals surface area contributed by atoms with E-state index in [0.29, 0.717) is 11.8 Å². The third kappa shape index (κ3) is 10.3. The van der Waals surface area contributed by atoms with Gasteiger partial charge in [0.2, 0.25) is 0 Å². The molecule has 0 aliphatic carbocycles. The van der Waals surface area contributed by atoms with E-state index in [9.17, 15) is 4.79 Å². The average Bonchev–Trinajstić information content (AvgIpc) is 2.26. The van der Waals surface area contributed by atoms with Gasteiger partial charge >= 0.3 is 5.97 Å². The van der Waals surface area contributed by atoms with Crippen LogP contribution in [0.5, 0.6) is 0 Å². The Morgan fingerprint density at radius 1 is 1.18 bits per heavy atom. The molecule has 0 aliphatic heterocycles. The highest BCUT2D eigenvalue weighted by Gasteiger charge is 2.14. The second kappa shape index (κ2) is 8.54. The standard InChI is InChI=1S/C15H30O2/c1-6-13(11-12-15(2,3)4)9-7-8-10-14(16)17-5/h13H,6-12H2,1-5H3/t13-/m1/s1. The molecule has 0 saturated carbocycles. The summed E-state index contributed by atoms with van der Waals surface area (Å²) in [4.78, 5) is 11.0. The zero-order valence-corrected chi connectivity index (χ0v) is 12.3. The van der Waals surface area contributed by atoms with Crippen LogP contribution >= 0.6 is 0 Å². The number of carbonyl (C=O) groups is 1. The molecule has 17 heavy (non-hydrogen) atoms. The van der Waals surface area contributed by atoms with Gasteiger partial charge in [-0.15, -0.1) is 0 Å². The molecule has 2 heteroatoms. The van der Waals surface area contributed by atoms with Crippen molar-refractivity contribution in [2.45, 2.75) is 72.6 Å². The van der Waals surface area contributed by atoms with E-state index in [0.717, 1.165) is 18.8 Å². The number of esters is 1. The molecule has 0 spiro atoms. The summed E-state index contributed by atoms with van der Waals surface area (Å²) < 4.78 is 4.64. The van der Waals surface area contributed by atoms with Gasteiger partial charge in [0.25, 0.3) is 0 Å². The first-order chi connectivity index (χ1) is 7.89. The Kier molecular flexibility index (Phi) is 8.28. The van der Waals surface area contributed by atoms with Crippen molar-refractivity contribution in [2.75, 3.05) is 7.11 Å². The fraction of sp³-hybridized carbons (Fsp3) is 0.933. The Labute approximate surface area is 107 Å². The fourth-order valence-electron chi connectivity index (χ4n) is 1.99. The summed E-state index contributed by atoms with van der Waals surface area (Å²) in [5.41, 5.74) is 0.444. The molecule has 0 amide bonds. The van der Waals surface area contributed by atoms with E-state index in [1.54, 1.807) is 0 Å². The molecule has 2 nitrogen and oxygen atoms in total. The summed E-state index contributed by atoms with van der Waals surface area (Å²) >= 11 is 0. The van der Waals surface area contributed by atoms with Crippen LogP contribution in [-0.2, 0) is 9.53 Å². The van der Waals surface area contributed by atoms with Crippen molar-refractivity contribution in [3.63, 3.8) is 0 Å². The zero-order chi connectivity index (χ0) is 13.3. The van der Waals surface area contributed by atoms with Gasteiger partial charge in [0.05, 0.1) is 7.11 Å². The highest BCUT2D eigenvalue weighted by molar-refractivity contribution is 5.68. The fourth-order valence-corrected chi connectivity index (χ4v) is 1.99. The lowest BCUT2D eigenvalue weighted by Gasteiger charge is -2.22. The molecule has 0 aromatic rings. The van der Waals surface area contributed by atoms with Gasteiger partial charge < -0.3 is 4.74 Å². The summed E-state index contributed by atoms with van der Waals surface area (Å²) in [5, 5.41) is 0. The number of ether oxygens (including phenoxy) is 1. The number of carbonyl (C=O) groups excluding carboxylic acids is 1. The van der Waals surface area contributed by atoms with Gasteiger partial charge in [0.1, 0.15) is 0 Å². The number of hydrogen-bond donors (Lipinski definition) is 0. The largest absolute Gasteiger partial charge is 0.469 e. The number of methoxy groups -OCH3 is 1. The monoisotopic (exact) mass is 242 g/mol. The quantitative estimate of drug-likeness (QED) is 0.460. The molecule has 0 aromatic heterocycles. The first-order valence-corrected chi connectivity index (χ1v) is 6.96. The van der Waals surface area contributed by atoms with Crippen molar-refractivity contribution < 1.29 is 9.53 Å². The van der Waals surface area contributed by atoms with Gasteiger partial charge in [0.15, 0.2) is 0 Å². The molecule has 1 atom stereocenters. The van der Waals surface area contributed by atoms with Crippen molar-refractivity contribution >= 4 is 5.97 Å². The Bertz CT molecular complexity index is 203. The molecule has 0 saturated heterocycles. The van der Waals surface area contributed by atoms with Crippen LogP contribution in [0.3, 0.4) is 0 Å². The van der Waals surface area contributed by atoms with Crippen LogP contribution in [0.25, 0.3) is 0 Å². The minimum atomic E-state index is -0.0762. The summed E-state index contributed by atoms with van der Waals surface area (Å²) in [6.45, 7) is 9.18. The molecule has 0 radical (unpaired) electrons. The lowest BCUT2D eigenvalue weighted by Crippen LogP contribution is -2.09. The van der Waals surface area contributed by atoms with Crippen LogP contribution in [0, 0.1) is 11.3 Å². The molecule has 0 N–H and O–H groups in total. The molecule has 0 aromatic carbocycles. The summed E-state index contributed by atoms with van der Waals surface area (Å²) in [5.74, 6) is 0.750. The predicted octanol–water partition coefficient (Wildman–Crippen LogP) is 4.57. The molecule has 0 fully saturated rings. The van der Waals surface area contributed by atoms with Crippen LogP contribution in [0.4, 0.5) is 0 Å². The number of unbranched alkanes of at least 4 members (excludes halogenated alkanes) is 1. The van der Waals surface area contributed by atoms with Gasteiger partial charge in [-0.2, -0.15) is 0 Å². The van der Waals surface area contributed by atoms with Crippen molar-refractivity contribution in [3.05, 3.63) is 0 Å². The van der Waals surface area contributed by atoms with E-state index in [1.165, 1.54) is 32.8 Å². The Morgan fingerprint density at radius 2 is 1.82 bits per heavy atom. The topological polar surface area (TPSA) is 26.3 Å². The van der Waals surface area contributed by atoms with Crippen molar-refractivity contribution in [3.8, 4) is 0 Å². The maximum Gasteiger partial charge on any atom is 0.305 e. The van der Waals surface area contributed by atoms with Gasteiger partial charge in [-0.3, -0.25) is 4.79 Å². The van der Waals surface area contributed by atoms with Gasteiger partial charge in [0, 0.05) is 6.42 Å². The Balaban J connectivity index is 3.65. The average molecular weight is 242 g/mol. The Morgan fingerprint density at radius 3 is 2.29 bits per heavy atom. The van der Waals surface area contributed by atoms with Crippen molar-refractivity contribution in [1.82, 2.24) is 0 Å². The first-order valence-electron chi connectivity index (χ1n) is 6.96. The van der Waals surface area contributed by atoms with Crippen LogP contribution in [0.15, 0.2) is 0 Å². The van der Waals surface area contributed by atoms with E-state index in [4.69, 9.17) is 0 Å². The van der Waals surface area contributed by atoms with E-state index >= 15 is 0 Å². The molecule has 0 heterocycles. The molecule has 0 unspecified atom stereocenters. The van der Waals surface area contributed by atoms with Gasteiger partial charge in [-0.25, -0.2) is 0 Å². The van der Waals surface area contributed by atoms with Crippen molar-refractivity contribution in [1.29, 1.82) is 0 Å². The molecular formula is C15H30O2. The van der Waals surface area contributed by atoms with Crippen molar-refractivity contribution in [2.24, 2.45) is 11.3 Å². The van der Waals surface area contributed by atoms with E-state index < -0.39 is 0 Å². The SMILES string of the molecule is CC[C@H](CCCCC(=O)OC)CCC(C)(C)C. The van der Waals surface area contributed by atoms with Gasteiger partial charge in [-0.1, -0.05) is 47.0 Å². The molecule has 0 rings (SSSR count). The van der Waals surface area contributed by atoms with Crippen LogP contribution in [0.1, 0.15) is 72.6 Å². The third-order valence-electron chi connectivity index (χ3n) is 3.35. The summed E-state index contributed by atoms with van der Waals surface area (Å²) in [7, 11) is 1.46. The van der Waals surface area contributed by atoms with E-state index in [-0.39, 0.29) is 5.97 Å². The normalized spacial score (nSPS) is 13.5. The van der Waals surface area contributed by atoms with E-state index in [2.05, 4.69) is 32.4 Å². The second-order valence-electron chi connectivity index (χ2n) is 6.20. The minimum Gasteiger partial charge on any atom is -0.469 e. The lowest BCUT2D eigenvalue weighted by atomic mass is 9.84. The van der Waals surface area contributed by atoms with E-state index in [1.807, 2.05) is 0 Å². The predicted molar refractivity (Wildman–Crippen MR) is 73.0 cm³/mol. The maximum absolute atomic E-state index is 11.0. The number of hydrogen-bond acceptors (Lipinski definition) is 2. The first kappa shape index (κ1) is 16.5. The lowest BCUT2D eigenvalue weighted by molar-refractivity contribution is -0.140. The van der Waals surface area contributed by atoms with Crippen LogP contribution < -0.4 is 0 Å². The molecular weight excluding hydrogens is 212 g/mol. The minimum absolute atomic E-state index is 0.0762. The van der Waals surface area contributed by atoms with Crippen LogP contribution in [-0.4, -0.2) is 13.1 Å². The summed E-state index contributed by atoms with van der Waals surface area (Å²) in [6.07, 6.45) is 7.82. The smallest absolute Gasteiger partial charge is 0.305 e. The number of rotatable bonds is 8. The maximum atomic E-state index is 11.0. The Hall–Kier alpha value is -0.530. The summed E-state index contributed by atoms with van der Waals surface area (Å²) in [6, 6.07) is 0. The zero-order valence-electron chi connectivity index (χ0n) is 12.3. The molecule has 0 aliphatic rings. The third-order valence-corrected chi connectivity index (χ3v) is 3.35.